The molecular formula is C27H30ClN3O4S. The van der Waals surface area contributed by atoms with Crippen LogP contribution in [0.4, 0.5) is 5.69 Å². The third kappa shape index (κ3) is 6.25. The fourth-order valence-electron chi connectivity index (χ4n) is 3.75. The minimum absolute atomic E-state index is 0.0410. The van der Waals surface area contributed by atoms with Gasteiger partial charge in [-0.1, -0.05) is 59.6 Å². The fourth-order valence-corrected chi connectivity index (χ4v) is 5.35. The van der Waals surface area contributed by atoms with Crippen LogP contribution in [0.25, 0.3) is 0 Å². The molecule has 0 radical (unpaired) electrons. The number of halogens is 1. The first-order valence-corrected chi connectivity index (χ1v) is 13.3. The molecule has 0 aromatic heterocycles. The second kappa shape index (κ2) is 11.6. The second-order valence-electron chi connectivity index (χ2n) is 8.57. The molecule has 3 aromatic rings. The van der Waals surface area contributed by atoms with Crippen molar-refractivity contribution in [3.8, 4) is 0 Å². The maximum Gasteiger partial charge on any atom is 0.264 e. The molecule has 0 aliphatic rings. The summed E-state index contributed by atoms with van der Waals surface area (Å²) in [5.74, 6) is -0.915. The van der Waals surface area contributed by atoms with E-state index in [1.807, 2.05) is 19.9 Å². The number of hydrogen-bond donors (Lipinski definition) is 1. The zero-order valence-corrected chi connectivity index (χ0v) is 22.3. The predicted octanol–water partition coefficient (Wildman–Crippen LogP) is 4.32. The summed E-state index contributed by atoms with van der Waals surface area (Å²) in [7, 11) is -2.61. The lowest BCUT2D eigenvalue weighted by Crippen LogP contribution is -2.50. The van der Waals surface area contributed by atoms with Crippen molar-refractivity contribution in [2.75, 3.05) is 17.9 Å². The lowest BCUT2D eigenvalue weighted by molar-refractivity contribution is -0.139. The van der Waals surface area contributed by atoms with Crippen molar-refractivity contribution in [2.24, 2.45) is 0 Å². The second-order valence-corrected chi connectivity index (χ2v) is 10.8. The van der Waals surface area contributed by atoms with Crippen LogP contribution < -0.4 is 9.62 Å². The van der Waals surface area contributed by atoms with Crippen molar-refractivity contribution >= 4 is 39.1 Å². The first-order chi connectivity index (χ1) is 17.0. The number of rotatable bonds is 9. The smallest absolute Gasteiger partial charge is 0.264 e. The summed E-state index contributed by atoms with van der Waals surface area (Å²) in [5, 5.41) is 3.00. The molecule has 1 atom stereocenters. The number of carbonyl (C=O) groups excluding carboxylic acids is 2. The Hall–Kier alpha value is -3.36. The van der Waals surface area contributed by atoms with Gasteiger partial charge >= 0.3 is 0 Å². The van der Waals surface area contributed by atoms with Gasteiger partial charge in [0.1, 0.15) is 12.6 Å². The summed E-state index contributed by atoms with van der Waals surface area (Å²) >= 11 is 6.33. The van der Waals surface area contributed by atoms with E-state index in [2.05, 4.69) is 5.32 Å². The maximum atomic E-state index is 13.7. The number of aryl methyl sites for hydroxylation is 2. The van der Waals surface area contributed by atoms with E-state index in [0.717, 1.165) is 15.4 Å². The van der Waals surface area contributed by atoms with E-state index in [-0.39, 0.29) is 17.3 Å². The third-order valence-electron chi connectivity index (χ3n) is 5.89. The number of benzene rings is 3. The monoisotopic (exact) mass is 527 g/mol. The van der Waals surface area contributed by atoms with E-state index in [1.54, 1.807) is 61.5 Å². The Morgan fingerprint density at radius 3 is 2.22 bits per heavy atom. The molecule has 0 aliphatic carbocycles. The first-order valence-electron chi connectivity index (χ1n) is 11.4. The summed E-state index contributed by atoms with van der Waals surface area (Å²) in [6, 6.07) is 19.6. The minimum atomic E-state index is -4.09. The average Bonchev–Trinajstić information content (AvgIpc) is 2.85. The topological polar surface area (TPSA) is 86.8 Å². The number of amides is 2. The van der Waals surface area contributed by atoms with Crippen molar-refractivity contribution in [3.63, 3.8) is 0 Å². The van der Waals surface area contributed by atoms with Crippen LogP contribution in [0, 0.1) is 13.8 Å². The number of sulfonamides is 1. The van der Waals surface area contributed by atoms with Crippen molar-refractivity contribution in [1.29, 1.82) is 0 Å². The van der Waals surface area contributed by atoms with Crippen molar-refractivity contribution in [1.82, 2.24) is 10.2 Å². The van der Waals surface area contributed by atoms with Gasteiger partial charge in [0.2, 0.25) is 11.8 Å². The van der Waals surface area contributed by atoms with Crippen LogP contribution >= 0.6 is 11.6 Å². The highest BCUT2D eigenvalue weighted by molar-refractivity contribution is 7.92. The summed E-state index contributed by atoms with van der Waals surface area (Å²) in [4.78, 5) is 27.6. The highest BCUT2D eigenvalue weighted by Gasteiger charge is 2.32. The highest BCUT2D eigenvalue weighted by atomic mass is 35.5. The van der Waals surface area contributed by atoms with Gasteiger partial charge in [-0.2, -0.15) is 0 Å². The van der Waals surface area contributed by atoms with E-state index >= 15 is 0 Å². The molecule has 1 N–H and O–H groups in total. The molecule has 0 saturated heterocycles. The fraction of sp³-hybridized carbons (Fsp3) is 0.259. The van der Waals surface area contributed by atoms with Crippen LogP contribution in [-0.2, 0) is 26.2 Å². The number of likely N-dealkylation sites (N-methyl/N-ethyl adjacent to an activating group) is 1. The van der Waals surface area contributed by atoms with E-state index < -0.39 is 28.5 Å². The van der Waals surface area contributed by atoms with E-state index in [4.69, 9.17) is 11.6 Å². The molecule has 0 spiro atoms. The van der Waals surface area contributed by atoms with Crippen LogP contribution in [0.5, 0.6) is 0 Å². The van der Waals surface area contributed by atoms with Gasteiger partial charge in [-0.25, -0.2) is 8.42 Å². The summed E-state index contributed by atoms with van der Waals surface area (Å²) in [6.45, 7) is 4.86. The molecule has 9 heteroatoms. The van der Waals surface area contributed by atoms with E-state index in [9.17, 15) is 18.0 Å². The molecule has 1 unspecified atom stereocenters. The Labute approximate surface area is 217 Å². The van der Waals surface area contributed by atoms with Gasteiger partial charge < -0.3 is 10.2 Å². The Balaban J connectivity index is 2.05. The van der Waals surface area contributed by atoms with Crippen molar-refractivity contribution in [2.45, 2.75) is 38.3 Å². The molecule has 0 heterocycles. The highest BCUT2D eigenvalue weighted by Crippen LogP contribution is 2.26. The van der Waals surface area contributed by atoms with Gasteiger partial charge in [-0.05, 0) is 62.2 Å². The van der Waals surface area contributed by atoms with Crippen LogP contribution in [0.15, 0.2) is 77.7 Å². The quantitative estimate of drug-likeness (QED) is 0.449. The SMILES string of the molecule is CNC(=O)C(C)N(Cc1ccccc1Cl)C(=O)CN(c1cccc(C)c1)S(=O)(=O)c1ccc(C)cc1. The standard InChI is InChI=1S/C27H30ClN3O4S/c1-19-12-14-24(15-13-19)36(34,35)31(23-10-7-8-20(2)16-23)18-26(32)30(21(3)27(33)29-4)17-22-9-5-6-11-25(22)28/h5-16,21H,17-18H2,1-4H3,(H,29,33). The Morgan fingerprint density at radius 2 is 1.61 bits per heavy atom. The molecule has 0 bridgehead atoms. The predicted molar refractivity (Wildman–Crippen MR) is 142 cm³/mol. The molecule has 7 nitrogen and oxygen atoms in total. The zero-order valence-electron chi connectivity index (χ0n) is 20.7. The number of nitrogens with zero attached hydrogens (tertiary/aromatic N) is 2. The van der Waals surface area contributed by atoms with Gasteiger partial charge in [0.05, 0.1) is 10.6 Å². The summed E-state index contributed by atoms with van der Waals surface area (Å²) in [5.41, 5.74) is 2.76. The summed E-state index contributed by atoms with van der Waals surface area (Å²) in [6.07, 6.45) is 0. The largest absolute Gasteiger partial charge is 0.357 e. The molecule has 36 heavy (non-hydrogen) atoms. The molecular weight excluding hydrogens is 498 g/mol. The molecule has 0 aliphatic heterocycles. The molecule has 2 amide bonds. The zero-order chi connectivity index (χ0) is 26.5. The van der Waals surface area contributed by atoms with Gasteiger partial charge in [0.25, 0.3) is 10.0 Å². The van der Waals surface area contributed by atoms with Gasteiger partial charge in [0.15, 0.2) is 0 Å². The molecule has 3 aromatic carbocycles. The minimum Gasteiger partial charge on any atom is -0.357 e. The van der Waals surface area contributed by atoms with Gasteiger partial charge in [-0.3, -0.25) is 13.9 Å². The summed E-state index contributed by atoms with van der Waals surface area (Å²) < 4.78 is 28.6. The normalized spacial score (nSPS) is 12.0. The molecule has 0 fully saturated rings. The van der Waals surface area contributed by atoms with Crippen LogP contribution in [0.2, 0.25) is 5.02 Å². The lowest BCUT2D eigenvalue weighted by Gasteiger charge is -2.32. The lowest BCUT2D eigenvalue weighted by atomic mass is 10.1. The number of nitrogens with one attached hydrogen (secondary N) is 1. The van der Waals surface area contributed by atoms with Crippen LogP contribution in [0.1, 0.15) is 23.6 Å². The number of carbonyl (C=O) groups is 2. The van der Waals surface area contributed by atoms with Crippen LogP contribution in [0.3, 0.4) is 0 Å². The molecule has 190 valence electrons. The van der Waals surface area contributed by atoms with Gasteiger partial charge in [-0.15, -0.1) is 0 Å². The Morgan fingerprint density at radius 1 is 0.944 bits per heavy atom. The van der Waals surface area contributed by atoms with Crippen molar-refractivity contribution < 1.29 is 18.0 Å². The molecule has 0 saturated carbocycles. The van der Waals surface area contributed by atoms with Crippen molar-refractivity contribution in [3.05, 3.63) is 94.5 Å². The Bertz CT molecular complexity index is 1340. The van der Waals surface area contributed by atoms with E-state index in [0.29, 0.717) is 16.3 Å². The number of anilines is 1. The average molecular weight is 528 g/mol. The molecule has 3 rings (SSSR count). The Kier molecular flexibility index (Phi) is 8.76. The van der Waals surface area contributed by atoms with Crippen LogP contribution in [-0.4, -0.2) is 44.8 Å². The number of hydrogen-bond acceptors (Lipinski definition) is 4. The van der Waals surface area contributed by atoms with Gasteiger partial charge in [0, 0.05) is 18.6 Å². The third-order valence-corrected chi connectivity index (χ3v) is 8.05. The maximum absolute atomic E-state index is 13.7. The van der Waals surface area contributed by atoms with E-state index in [1.165, 1.54) is 24.1 Å². The first kappa shape index (κ1) is 27.2.